The predicted molar refractivity (Wildman–Crippen MR) is 78.3 cm³/mol. The summed E-state index contributed by atoms with van der Waals surface area (Å²) in [5, 5.41) is 0. The monoisotopic (exact) mass is 259 g/mol. The molecule has 0 aliphatic carbocycles. The van der Waals surface area contributed by atoms with Crippen molar-refractivity contribution < 1.29 is 4.74 Å². The van der Waals surface area contributed by atoms with E-state index in [2.05, 4.69) is 13.0 Å². The lowest BCUT2D eigenvalue weighted by Crippen LogP contribution is -2.01. The number of anilines is 1. The predicted octanol–water partition coefficient (Wildman–Crippen LogP) is 3.75. The van der Waals surface area contributed by atoms with E-state index in [0.29, 0.717) is 6.61 Å². The van der Waals surface area contributed by atoms with Gasteiger partial charge in [0.15, 0.2) is 0 Å². The molecule has 2 aromatic rings. The second-order valence-electron chi connectivity index (χ2n) is 4.00. The summed E-state index contributed by atoms with van der Waals surface area (Å²) in [6.07, 6.45) is 0. The highest BCUT2D eigenvalue weighted by atomic mass is 32.2. The molecule has 0 spiro atoms. The van der Waals surface area contributed by atoms with E-state index in [4.69, 9.17) is 10.5 Å². The van der Waals surface area contributed by atoms with Crippen molar-refractivity contribution in [2.75, 3.05) is 18.1 Å². The molecular formula is C15H17NOS. The summed E-state index contributed by atoms with van der Waals surface area (Å²) in [6, 6.07) is 16.0. The zero-order chi connectivity index (χ0) is 12.8. The molecule has 0 heterocycles. The van der Waals surface area contributed by atoms with Gasteiger partial charge in [0, 0.05) is 16.3 Å². The van der Waals surface area contributed by atoms with E-state index in [1.807, 2.05) is 42.5 Å². The van der Waals surface area contributed by atoms with Crippen LogP contribution in [0, 0.1) is 6.92 Å². The van der Waals surface area contributed by atoms with Gasteiger partial charge < -0.3 is 10.5 Å². The Balaban J connectivity index is 1.80. The van der Waals surface area contributed by atoms with Crippen LogP contribution in [-0.2, 0) is 0 Å². The summed E-state index contributed by atoms with van der Waals surface area (Å²) in [4.78, 5) is 1.12. The van der Waals surface area contributed by atoms with E-state index >= 15 is 0 Å². The molecule has 0 saturated heterocycles. The van der Waals surface area contributed by atoms with Crippen molar-refractivity contribution in [1.29, 1.82) is 0 Å². The smallest absolute Gasteiger partial charge is 0.122 e. The van der Waals surface area contributed by atoms with Gasteiger partial charge in [-0.25, -0.2) is 0 Å². The molecule has 0 aliphatic rings. The fraction of sp³-hybridized carbons (Fsp3) is 0.200. The first-order chi connectivity index (χ1) is 8.77. The molecule has 2 aromatic carbocycles. The Hall–Kier alpha value is -1.61. The van der Waals surface area contributed by atoms with Crippen molar-refractivity contribution in [3.8, 4) is 5.75 Å². The molecule has 0 fully saturated rings. The first-order valence-electron chi connectivity index (χ1n) is 5.93. The maximum atomic E-state index is 5.88. The third kappa shape index (κ3) is 3.44. The average Bonchev–Trinajstić information content (AvgIpc) is 2.38. The minimum atomic E-state index is 0.684. The lowest BCUT2D eigenvalue weighted by molar-refractivity contribution is 0.341. The highest BCUT2D eigenvalue weighted by Crippen LogP contribution is 2.24. The van der Waals surface area contributed by atoms with Gasteiger partial charge in [-0.3, -0.25) is 0 Å². The zero-order valence-electron chi connectivity index (χ0n) is 10.4. The van der Waals surface area contributed by atoms with E-state index in [0.717, 1.165) is 22.1 Å². The van der Waals surface area contributed by atoms with Crippen LogP contribution in [0.1, 0.15) is 5.56 Å². The summed E-state index contributed by atoms with van der Waals surface area (Å²) in [7, 11) is 0. The summed E-state index contributed by atoms with van der Waals surface area (Å²) >= 11 is 1.72. The van der Waals surface area contributed by atoms with Crippen LogP contribution in [0.15, 0.2) is 53.4 Å². The normalized spacial score (nSPS) is 10.3. The van der Waals surface area contributed by atoms with Gasteiger partial charge in [-0.2, -0.15) is 0 Å². The van der Waals surface area contributed by atoms with Crippen molar-refractivity contribution in [2.45, 2.75) is 11.8 Å². The van der Waals surface area contributed by atoms with Crippen LogP contribution in [0.2, 0.25) is 0 Å². The number of aryl methyl sites for hydroxylation is 1. The number of para-hydroxylation sites is 2. The average molecular weight is 259 g/mol. The van der Waals surface area contributed by atoms with Crippen molar-refractivity contribution in [3.63, 3.8) is 0 Å². The Morgan fingerprint density at radius 3 is 2.56 bits per heavy atom. The molecule has 0 unspecified atom stereocenters. The highest BCUT2D eigenvalue weighted by molar-refractivity contribution is 7.99. The molecule has 18 heavy (non-hydrogen) atoms. The fourth-order valence-electron chi connectivity index (χ4n) is 1.63. The Bertz CT molecular complexity index is 466. The number of hydrogen-bond acceptors (Lipinski definition) is 3. The number of nitrogen functional groups attached to an aromatic ring is 1. The summed E-state index contributed by atoms with van der Waals surface area (Å²) in [6.45, 7) is 2.74. The molecule has 0 radical (unpaired) electrons. The van der Waals surface area contributed by atoms with Gasteiger partial charge in [-0.05, 0) is 30.7 Å². The first kappa shape index (κ1) is 12.8. The standard InChI is InChI=1S/C15H17NOS/c1-12-6-2-4-8-14(12)17-10-11-18-15-9-5-3-7-13(15)16/h2-9H,10-11,16H2,1H3. The highest BCUT2D eigenvalue weighted by Gasteiger charge is 2.00. The van der Waals surface area contributed by atoms with E-state index in [1.165, 1.54) is 5.56 Å². The van der Waals surface area contributed by atoms with Gasteiger partial charge in [-0.1, -0.05) is 30.3 Å². The fourth-order valence-corrected chi connectivity index (χ4v) is 2.43. The zero-order valence-corrected chi connectivity index (χ0v) is 11.2. The van der Waals surface area contributed by atoms with Crippen LogP contribution in [-0.4, -0.2) is 12.4 Å². The van der Waals surface area contributed by atoms with E-state index < -0.39 is 0 Å². The minimum Gasteiger partial charge on any atom is -0.492 e. The van der Waals surface area contributed by atoms with Crippen molar-refractivity contribution >= 4 is 17.4 Å². The van der Waals surface area contributed by atoms with Crippen LogP contribution >= 0.6 is 11.8 Å². The van der Waals surface area contributed by atoms with Crippen LogP contribution in [0.4, 0.5) is 5.69 Å². The molecule has 0 bridgehead atoms. The topological polar surface area (TPSA) is 35.2 Å². The summed E-state index contributed by atoms with van der Waals surface area (Å²) in [5.41, 5.74) is 7.88. The van der Waals surface area contributed by atoms with E-state index in [-0.39, 0.29) is 0 Å². The Morgan fingerprint density at radius 1 is 1.06 bits per heavy atom. The molecule has 0 aliphatic heterocycles. The number of benzene rings is 2. The molecule has 0 amide bonds. The summed E-state index contributed by atoms with van der Waals surface area (Å²) < 4.78 is 5.74. The molecule has 0 saturated carbocycles. The maximum absolute atomic E-state index is 5.88. The number of rotatable bonds is 5. The van der Waals surface area contributed by atoms with Gasteiger partial charge in [0.05, 0.1) is 6.61 Å². The Kier molecular flexibility index (Phi) is 4.53. The number of hydrogen-bond donors (Lipinski definition) is 1. The lowest BCUT2D eigenvalue weighted by Gasteiger charge is -2.09. The van der Waals surface area contributed by atoms with Crippen LogP contribution < -0.4 is 10.5 Å². The van der Waals surface area contributed by atoms with Crippen LogP contribution in [0.3, 0.4) is 0 Å². The minimum absolute atomic E-state index is 0.684. The SMILES string of the molecule is Cc1ccccc1OCCSc1ccccc1N. The third-order valence-corrected chi connectivity index (χ3v) is 3.66. The molecular weight excluding hydrogens is 242 g/mol. The number of thioether (sulfide) groups is 1. The second-order valence-corrected chi connectivity index (χ2v) is 5.14. The largest absolute Gasteiger partial charge is 0.492 e. The van der Waals surface area contributed by atoms with Crippen molar-refractivity contribution in [3.05, 3.63) is 54.1 Å². The maximum Gasteiger partial charge on any atom is 0.122 e. The lowest BCUT2D eigenvalue weighted by atomic mass is 10.2. The van der Waals surface area contributed by atoms with Gasteiger partial charge in [-0.15, -0.1) is 11.8 Å². The van der Waals surface area contributed by atoms with Crippen molar-refractivity contribution in [2.24, 2.45) is 0 Å². The van der Waals surface area contributed by atoms with Gasteiger partial charge >= 0.3 is 0 Å². The summed E-state index contributed by atoms with van der Waals surface area (Å²) in [5.74, 6) is 1.85. The molecule has 3 heteroatoms. The van der Waals surface area contributed by atoms with Crippen LogP contribution in [0.25, 0.3) is 0 Å². The van der Waals surface area contributed by atoms with E-state index in [9.17, 15) is 0 Å². The molecule has 2 N–H and O–H groups in total. The molecule has 94 valence electrons. The van der Waals surface area contributed by atoms with Crippen LogP contribution in [0.5, 0.6) is 5.75 Å². The second kappa shape index (κ2) is 6.36. The van der Waals surface area contributed by atoms with Gasteiger partial charge in [0.1, 0.15) is 5.75 Å². The molecule has 2 rings (SSSR count). The molecule has 0 aromatic heterocycles. The Morgan fingerprint density at radius 2 is 1.78 bits per heavy atom. The van der Waals surface area contributed by atoms with Crippen molar-refractivity contribution in [1.82, 2.24) is 0 Å². The van der Waals surface area contributed by atoms with Gasteiger partial charge in [0.2, 0.25) is 0 Å². The quantitative estimate of drug-likeness (QED) is 0.504. The molecule has 2 nitrogen and oxygen atoms in total. The molecule has 0 atom stereocenters. The Labute approximate surface area is 112 Å². The number of nitrogens with two attached hydrogens (primary N) is 1. The third-order valence-electron chi connectivity index (χ3n) is 2.61. The number of ether oxygens (including phenoxy) is 1. The van der Waals surface area contributed by atoms with E-state index in [1.54, 1.807) is 11.8 Å². The van der Waals surface area contributed by atoms with Gasteiger partial charge in [0.25, 0.3) is 0 Å². The first-order valence-corrected chi connectivity index (χ1v) is 6.91.